The van der Waals surface area contributed by atoms with Crippen molar-refractivity contribution >= 4 is 16.8 Å². The van der Waals surface area contributed by atoms with Crippen LogP contribution < -0.4 is 0 Å². The van der Waals surface area contributed by atoms with Crippen molar-refractivity contribution in [2.45, 2.75) is 39.0 Å². The number of allylic oxidation sites excluding steroid dienone is 1. The summed E-state index contributed by atoms with van der Waals surface area (Å²) < 4.78 is 0. The van der Waals surface area contributed by atoms with Crippen molar-refractivity contribution in [2.24, 2.45) is 11.1 Å². The molecule has 76 valence electrons. The summed E-state index contributed by atoms with van der Waals surface area (Å²) in [6.45, 7) is 5.76. The fraction of sp³-hybridized carbons (Fsp3) is 0.700. The lowest BCUT2D eigenvalue weighted by atomic mass is 9.98. The van der Waals surface area contributed by atoms with Crippen LogP contribution in [0.1, 0.15) is 39.0 Å². The second-order valence-corrected chi connectivity index (χ2v) is 3.52. The molecule has 0 saturated heterocycles. The van der Waals surface area contributed by atoms with E-state index in [1.165, 1.54) is 0 Å². The van der Waals surface area contributed by atoms with Gasteiger partial charge in [0.05, 0.1) is 0 Å². The Morgan fingerprint density at radius 1 is 1.62 bits per heavy atom. The summed E-state index contributed by atoms with van der Waals surface area (Å²) >= 11 is 5.76. The van der Waals surface area contributed by atoms with Gasteiger partial charge >= 0.3 is 0 Å². The van der Waals surface area contributed by atoms with E-state index in [-0.39, 0.29) is 5.92 Å². The number of unbranched alkanes of at least 4 members (excludes halogenated alkanes) is 1. The summed E-state index contributed by atoms with van der Waals surface area (Å²) in [5.74, 6) is 0.219. The van der Waals surface area contributed by atoms with Gasteiger partial charge < -0.3 is 5.21 Å². The Labute approximate surface area is 85.3 Å². The molecule has 0 heterocycles. The summed E-state index contributed by atoms with van der Waals surface area (Å²) in [7, 11) is 0. The smallest absolute Gasteiger partial charge is 0.148 e. The molecule has 0 aliphatic carbocycles. The van der Waals surface area contributed by atoms with E-state index in [0.29, 0.717) is 5.17 Å². The van der Waals surface area contributed by atoms with Gasteiger partial charge in [0.25, 0.3) is 0 Å². The lowest BCUT2D eigenvalue weighted by molar-refractivity contribution is 0.315. The third kappa shape index (κ3) is 5.69. The molecule has 0 aliphatic heterocycles. The van der Waals surface area contributed by atoms with Gasteiger partial charge in [-0.2, -0.15) is 0 Å². The van der Waals surface area contributed by atoms with Crippen LogP contribution in [0.25, 0.3) is 0 Å². The molecule has 0 rings (SSSR count). The maximum atomic E-state index is 8.52. The Morgan fingerprint density at radius 2 is 2.31 bits per heavy atom. The highest BCUT2D eigenvalue weighted by Crippen LogP contribution is 2.18. The zero-order valence-electron chi connectivity index (χ0n) is 8.17. The quantitative estimate of drug-likeness (QED) is 0.221. The lowest BCUT2D eigenvalue weighted by Gasteiger charge is -2.11. The predicted molar refractivity (Wildman–Crippen MR) is 57.5 cm³/mol. The molecule has 1 atom stereocenters. The van der Waals surface area contributed by atoms with Crippen LogP contribution in [0.4, 0.5) is 0 Å². The average molecular weight is 204 g/mol. The van der Waals surface area contributed by atoms with Crippen molar-refractivity contribution in [1.82, 2.24) is 0 Å². The fourth-order valence-electron chi connectivity index (χ4n) is 1.32. The highest BCUT2D eigenvalue weighted by atomic mass is 35.5. The lowest BCUT2D eigenvalue weighted by Crippen LogP contribution is -2.08. The van der Waals surface area contributed by atoms with Crippen LogP contribution in [0.3, 0.4) is 0 Å². The molecule has 3 heteroatoms. The third-order valence-electron chi connectivity index (χ3n) is 2.03. The number of nitrogens with zero attached hydrogens (tertiary/aromatic N) is 1. The minimum Gasteiger partial charge on any atom is -0.410 e. The summed E-state index contributed by atoms with van der Waals surface area (Å²) in [6.07, 6.45) is 6.97. The first-order valence-corrected chi connectivity index (χ1v) is 5.12. The highest BCUT2D eigenvalue weighted by Gasteiger charge is 2.12. The van der Waals surface area contributed by atoms with E-state index in [9.17, 15) is 0 Å². The maximum absolute atomic E-state index is 8.52. The molecule has 0 saturated carbocycles. The zero-order chi connectivity index (χ0) is 10.1. The summed E-state index contributed by atoms with van der Waals surface area (Å²) in [4.78, 5) is 0. The van der Waals surface area contributed by atoms with Crippen molar-refractivity contribution in [3.63, 3.8) is 0 Å². The molecule has 0 fully saturated rings. The van der Waals surface area contributed by atoms with Gasteiger partial charge in [0.15, 0.2) is 0 Å². The van der Waals surface area contributed by atoms with Crippen LogP contribution in [0.5, 0.6) is 0 Å². The van der Waals surface area contributed by atoms with E-state index in [4.69, 9.17) is 16.8 Å². The molecule has 0 radical (unpaired) electrons. The van der Waals surface area contributed by atoms with Crippen molar-refractivity contribution in [3.05, 3.63) is 12.7 Å². The first-order chi connectivity index (χ1) is 6.26. The Hall–Kier alpha value is -0.500. The van der Waals surface area contributed by atoms with Crippen LogP contribution in [0, 0.1) is 5.92 Å². The average Bonchev–Trinajstić information content (AvgIpc) is 2.16. The van der Waals surface area contributed by atoms with Gasteiger partial charge in [-0.05, 0) is 25.7 Å². The minimum atomic E-state index is 0.219. The molecular formula is C10H18ClNO. The van der Waals surface area contributed by atoms with Crippen LogP contribution in [-0.2, 0) is 0 Å². The number of oxime groups is 1. The minimum absolute atomic E-state index is 0.219. The molecule has 0 aromatic carbocycles. The van der Waals surface area contributed by atoms with E-state index in [1.807, 2.05) is 6.08 Å². The number of hydrogen-bond donors (Lipinski definition) is 1. The molecule has 13 heavy (non-hydrogen) atoms. The molecule has 0 aliphatic rings. The fourth-order valence-corrected chi connectivity index (χ4v) is 1.54. The van der Waals surface area contributed by atoms with E-state index < -0.39 is 0 Å². The summed E-state index contributed by atoms with van der Waals surface area (Å²) in [6, 6.07) is 0. The predicted octanol–water partition coefficient (Wildman–Crippen LogP) is 3.79. The monoisotopic (exact) mass is 203 g/mol. The Bertz CT molecular complexity index is 168. The van der Waals surface area contributed by atoms with Crippen LogP contribution in [0.2, 0.25) is 0 Å². The molecular weight excluding hydrogens is 186 g/mol. The molecule has 1 unspecified atom stereocenters. The van der Waals surface area contributed by atoms with E-state index in [2.05, 4.69) is 18.7 Å². The van der Waals surface area contributed by atoms with Crippen LogP contribution >= 0.6 is 11.6 Å². The van der Waals surface area contributed by atoms with Crippen molar-refractivity contribution < 1.29 is 5.21 Å². The van der Waals surface area contributed by atoms with Gasteiger partial charge in [0, 0.05) is 5.92 Å². The van der Waals surface area contributed by atoms with Crippen LogP contribution in [-0.4, -0.2) is 10.4 Å². The molecule has 0 aromatic heterocycles. The second kappa shape index (κ2) is 8.11. The van der Waals surface area contributed by atoms with E-state index in [1.54, 1.807) is 0 Å². The number of rotatable bonds is 7. The van der Waals surface area contributed by atoms with Gasteiger partial charge in [-0.25, -0.2) is 0 Å². The maximum Gasteiger partial charge on any atom is 0.148 e. The topological polar surface area (TPSA) is 32.6 Å². The van der Waals surface area contributed by atoms with E-state index >= 15 is 0 Å². The standard InChI is InChI=1S/C10H18ClNO/c1-3-5-6-8-9(7-4-2)10(11)12-13/h3,9,13H,1,4-8H2,2H3/b12-10-. The molecule has 0 spiro atoms. The highest BCUT2D eigenvalue weighted by molar-refractivity contribution is 6.65. The zero-order valence-corrected chi connectivity index (χ0v) is 8.93. The third-order valence-corrected chi connectivity index (χ3v) is 2.41. The molecule has 1 N–H and O–H groups in total. The largest absolute Gasteiger partial charge is 0.410 e. The summed E-state index contributed by atoms with van der Waals surface area (Å²) in [5.41, 5.74) is 0. The van der Waals surface area contributed by atoms with Gasteiger partial charge in [0.1, 0.15) is 5.17 Å². The molecule has 0 aromatic rings. The van der Waals surface area contributed by atoms with Crippen molar-refractivity contribution in [3.8, 4) is 0 Å². The van der Waals surface area contributed by atoms with Crippen molar-refractivity contribution in [1.29, 1.82) is 0 Å². The first-order valence-electron chi connectivity index (χ1n) is 4.74. The SMILES string of the molecule is C=CCCCC(CCC)/C(Cl)=N/O. The first kappa shape index (κ1) is 12.5. The number of hydrogen-bond acceptors (Lipinski definition) is 2. The normalized spacial score (nSPS) is 14.2. The van der Waals surface area contributed by atoms with Gasteiger partial charge in [0.2, 0.25) is 0 Å². The second-order valence-electron chi connectivity index (χ2n) is 3.13. The Morgan fingerprint density at radius 3 is 2.77 bits per heavy atom. The molecule has 0 amide bonds. The van der Waals surface area contributed by atoms with E-state index in [0.717, 1.165) is 32.1 Å². The van der Waals surface area contributed by atoms with Crippen molar-refractivity contribution in [2.75, 3.05) is 0 Å². The van der Waals surface area contributed by atoms with Crippen LogP contribution in [0.15, 0.2) is 17.8 Å². The van der Waals surface area contributed by atoms with Gasteiger partial charge in [-0.15, -0.1) is 6.58 Å². The number of halogens is 1. The summed E-state index contributed by atoms with van der Waals surface area (Å²) in [5, 5.41) is 11.9. The van der Waals surface area contributed by atoms with Gasteiger partial charge in [-0.3, -0.25) is 0 Å². The van der Waals surface area contributed by atoms with Gasteiger partial charge in [-0.1, -0.05) is 36.2 Å². The Balaban J connectivity index is 3.86. The molecule has 0 bridgehead atoms. The Kier molecular flexibility index (Phi) is 7.80. The molecule has 2 nitrogen and oxygen atoms in total.